The van der Waals surface area contributed by atoms with Crippen LogP contribution in [0.15, 0.2) is 17.3 Å². The molecule has 4 nitrogen and oxygen atoms in total. The van der Waals surface area contributed by atoms with Gasteiger partial charge in [0.05, 0.1) is 6.10 Å². The zero-order chi connectivity index (χ0) is 15.4. The van der Waals surface area contributed by atoms with Gasteiger partial charge in [-0.25, -0.2) is 0 Å². The number of benzene rings is 1. The third-order valence-corrected chi connectivity index (χ3v) is 4.52. The Morgan fingerprint density at radius 2 is 1.81 bits per heavy atom. The van der Waals surface area contributed by atoms with E-state index in [9.17, 15) is 0 Å². The predicted octanol–water partition coefficient (Wildman–Crippen LogP) is 3.75. The van der Waals surface area contributed by atoms with Crippen molar-refractivity contribution in [3.63, 3.8) is 0 Å². The molecule has 0 atom stereocenters. The third-order valence-electron chi connectivity index (χ3n) is 4.52. The quantitative estimate of drug-likeness (QED) is 0.384. The van der Waals surface area contributed by atoms with E-state index < -0.39 is 0 Å². The van der Waals surface area contributed by atoms with E-state index in [4.69, 9.17) is 15.7 Å². The summed E-state index contributed by atoms with van der Waals surface area (Å²) in [6.07, 6.45) is 6.40. The monoisotopic (exact) mass is 290 g/mol. The molecule has 21 heavy (non-hydrogen) atoms. The van der Waals surface area contributed by atoms with Crippen LogP contribution in [-0.2, 0) is 0 Å². The van der Waals surface area contributed by atoms with Crippen LogP contribution in [-0.4, -0.2) is 17.1 Å². The molecular formula is C17H26N2O2. The van der Waals surface area contributed by atoms with Gasteiger partial charge in [-0.2, -0.15) is 0 Å². The minimum Gasteiger partial charge on any atom is -0.490 e. The second-order valence-electron chi connectivity index (χ2n) is 6.09. The molecule has 1 aromatic rings. The largest absolute Gasteiger partial charge is 0.490 e. The fourth-order valence-electron chi connectivity index (χ4n) is 3.17. The number of rotatable bonds is 4. The number of ether oxygens (including phenoxy) is 1. The van der Waals surface area contributed by atoms with E-state index in [1.807, 2.05) is 26.0 Å². The summed E-state index contributed by atoms with van der Waals surface area (Å²) < 4.78 is 6.23. The van der Waals surface area contributed by atoms with E-state index >= 15 is 0 Å². The average molecular weight is 290 g/mol. The summed E-state index contributed by atoms with van der Waals surface area (Å²) in [7, 11) is 0. The molecule has 0 saturated heterocycles. The number of oxime groups is 1. The molecule has 0 bridgehead atoms. The molecular weight excluding hydrogens is 264 g/mol. The topological polar surface area (TPSA) is 67.8 Å². The predicted molar refractivity (Wildman–Crippen MR) is 85.1 cm³/mol. The lowest BCUT2D eigenvalue weighted by atomic mass is 9.86. The first-order valence-electron chi connectivity index (χ1n) is 7.81. The number of hydrogen-bond acceptors (Lipinski definition) is 3. The Morgan fingerprint density at radius 3 is 2.29 bits per heavy atom. The molecule has 0 aliphatic heterocycles. The Morgan fingerprint density at radius 1 is 1.24 bits per heavy atom. The Kier molecular flexibility index (Phi) is 5.10. The number of aryl methyl sites for hydroxylation is 2. The minimum atomic E-state index is 0.135. The highest BCUT2D eigenvalue weighted by Crippen LogP contribution is 2.32. The Labute approximate surface area is 127 Å². The van der Waals surface area contributed by atoms with Crippen LogP contribution >= 0.6 is 0 Å². The molecule has 0 heterocycles. The molecule has 3 N–H and O–H groups in total. The van der Waals surface area contributed by atoms with Crippen molar-refractivity contribution in [3.8, 4) is 5.75 Å². The number of hydrogen-bond donors (Lipinski definition) is 2. The van der Waals surface area contributed by atoms with Gasteiger partial charge in [0.2, 0.25) is 0 Å². The van der Waals surface area contributed by atoms with Gasteiger partial charge in [0.1, 0.15) is 5.75 Å². The standard InChI is InChI=1S/C17H26N2O2/c1-4-13-5-7-15(8-6-13)21-16-11(2)9-14(10-12(16)3)17(18)19-20/h9-10,13,15,20H,4-8H2,1-3H3,(H2,18,19). The maximum Gasteiger partial charge on any atom is 0.170 e. The molecule has 0 unspecified atom stereocenters. The van der Waals surface area contributed by atoms with Crippen LogP contribution in [0, 0.1) is 19.8 Å². The summed E-state index contributed by atoms with van der Waals surface area (Å²) in [4.78, 5) is 0. The second kappa shape index (κ2) is 6.83. The van der Waals surface area contributed by atoms with Crippen LogP contribution in [0.5, 0.6) is 5.75 Å². The highest BCUT2D eigenvalue weighted by Gasteiger charge is 2.22. The van der Waals surface area contributed by atoms with Gasteiger partial charge in [0, 0.05) is 5.56 Å². The molecule has 1 aromatic carbocycles. The van der Waals surface area contributed by atoms with Crippen LogP contribution in [0.2, 0.25) is 0 Å². The van der Waals surface area contributed by atoms with Gasteiger partial charge >= 0.3 is 0 Å². The van der Waals surface area contributed by atoms with Gasteiger partial charge in [-0.15, -0.1) is 0 Å². The summed E-state index contributed by atoms with van der Waals surface area (Å²) >= 11 is 0. The Balaban J connectivity index is 2.11. The lowest BCUT2D eigenvalue weighted by Gasteiger charge is -2.29. The second-order valence-corrected chi connectivity index (χ2v) is 6.09. The van der Waals surface area contributed by atoms with E-state index in [-0.39, 0.29) is 5.84 Å². The molecule has 1 saturated carbocycles. The molecule has 116 valence electrons. The lowest BCUT2D eigenvalue weighted by Crippen LogP contribution is -2.24. The number of nitrogens with zero attached hydrogens (tertiary/aromatic N) is 1. The van der Waals surface area contributed by atoms with Gasteiger partial charge in [-0.05, 0) is 68.7 Å². The van der Waals surface area contributed by atoms with Crippen molar-refractivity contribution < 1.29 is 9.94 Å². The number of amidine groups is 1. The van der Waals surface area contributed by atoms with Crippen LogP contribution in [0.4, 0.5) is 0 Å². The lowest BCUT2D eigenvalue weighted by molar-refractivity contribution is 0.128. The molecule has 1 fully saturated rings. The maximum absolute atomic E-state index is 8.78. The number of nitrogens with two attached hydrogens (primary N) is 1. The highest BCUT2D eigenvalue weighted by atomic mass is 16.5. The molecule has 0 spiro atoms. The summed E-state index contributed by atoms with van der Waals surface area (Å²) in [5.74, 6) is 1.95. The first-order chi connectivity index (χ1) is 10.0. The molecule has 2 rings (SSSR count). The van der Waals surface area contributed by atoms with Crippen molar-refractivity contribution in [2.24, 2.45) is 16.8 Å². The highest BCUT2D eigenvalue weighted by molar-refractivity contribution is 5.97. The summed E-state index contributed by atoms with van der Waals surface area (Å²) in [6, 6.07) is 3.82. The Bertz CT molecular complexity index is 495. The molecule has 4 heteroatoms. The average Bonchev–Trinajstić information content (AvgIpc) is 2.50. The van der Waals surface area contributed by atoms with Gasteiger partial charge in [-0.3, -0.25) is 0 Å². The summed E-state index contributed by atoms with van der Waals surface area (Å²) in [5.41, 5.74) is 8.46. The minimum absolute atomic E-state index is 0.135. The first kappa shape index (κ1) is 15.7. The maximum atomic E-state index is 8.78. The molecule has 0 radical (unpaired) electrons. The van der Waals surface area contributed by atoms with Crippen molar-refractivity contribution >= 4 is 5.84 Å². The van der Waals surface area contributed by atoms with Crippen LogP contribution < -0.4 is 10.5 Å². The van der Waals surface area contributed by atoms with Crippen LogP contribution in [0.3, 0.4) is 0 Å². The zero-order valence-electron chi connectivity index (χ0n) is 13.2. The van der Waals surface area contributed by atoms with Gasteiger partial charge in [0.25, 0.3) is 0 Å². The van der Waals surface area contributed by atoms with E-state index in [2.05, 4.69) is 12.1 Å². The molecule has 1 aliphatic rings. The van der Waals surface area contributed by atoms with Crippen LogP contribution in [0.1, 0.15) is 55.7 Å². The first-order valence-corrected chi connectivity index (χ1v) is 7.81. The van der Waals surface area contributed by atoms with Gasteiger partial charge < -0.3 is 15.7 Å². The fourth-order valence-corrected chi connectivity index (χ4v) is 3.17. The van der Waals surface area contributed by atoms with Crippen molar-refractivity contribution in [3.05, 3.63) is 28.8 Å². The molecule has 0 aromatic heterocycles. The molecule has 1 aliphatic carbocycles. The van der Waals surface area contributed by atoms with Gasteiger partial charge in [-0.1, -0.05) is 18.5 Å². The molecule has 0 amide bonds. The fraction of sp³-hybridized carbons (Fsp3) is 0.588. The van der Waals surface area contributed by atoms with E-state index in [0.717, 1.165) is 41.2 Å². The van der Waals surface area contributed by atoms with Crippen molar-refractivity contribution in [2.75, 3.05) is 0 Å². The van der Waals surface area contributed by atoms with Gasteiger partial charge in [0.15, 0.2) is 5.84 Å². The van der Waals surface area contributed by atoms with E-state index in [1.165, 1.54) is 19.3 Å². The smallest absolute Gasteiger partial charge is 0.170 e. The Hall–Kier alpha value is -1.71. The summed E-state index contributed by atoms with van der Waals surface area (Å²) in [6.45, 7) is 6.29. The van der Waals surface area contributed by atoms with Crippen molar-refractivity contribution in [1.82, 2.24) is 0 Å². The normalized spacial score (nSPS) is 23.1. The third kappa shape index (κ3) is 3.69. The summed E-state index contributed by atoms with van der Waals surface area (Å²) in [5, 5.41) is 11.8. The van der Waals surface area contributed by atoms with Crippen molar-refractivity contribution in [1.29, 1.82) is 0 Å². The van der Waals surface area contributed by atoms with Crippen LogP contribution in [0.25, 0.3) is 0 Å². The van der Waals surface area contributed by atoms with E-state index in [0.29, 0.717) is 6.10 Å². The SMILES string of the molecule is CCC1CCC(Oc2c(C)cc(C(N)=NO)cc2C)CC1. The van der Waals surface area contributed by atoms with E-state index in [1.54, 1.807) is 0 Å². The van der Waals surface area contributed by atoms with Crippen molar-refractivity contribution in [2.45, 2.75) is 59.0 Å². The zero-order valence-corrected chi connectivity index (χ0v) is 13.2.